The maximum Gasteiger partial charge on any atom is 0.139 e. The van der Waals surface area contributed by atoms with Crippen molar-refractivity contribution >= 4 is 27.4 Å². The molecule has 0 radical (unpaired) electrons. The summed E-state index contributed by atoms with van der Waals surface area (Å²) in [7, 11) is 0. The van der Waals surface area contributed by atoms with Crippen LogP contribution in [-0.4, -0.2) is 27.2 Å². The molecule has 0 fully saturated rings. The van der Waals surface area contributed by atoms with Crippen LogP contribution in [-0.2, 0) is 0 Å². The van der Waals surface area contributed by atoms with Crippen LogP contribution in [0.3, 0.4) is 0 Å². The lowest BCUT2D eigenvalue weighted by Gasteiger charge is -2.24. The average Bonchev–Trinajstić information content (AvgIpc) is 2.91. The lowest BCUT2D eigenvalue weighted by Crippen LogP contribution is -2.35. The van der Waals surface area contributed by atoms with Crippen LogP contribution in [0.4, 0.5) is 5.82 Å². The minimum Gasteiger partial charge on any atom is -0.394 e. The van der Waals surface area contributed by atoms with Crippen molar-refractivity contribution in [3.05, 3.63) is 41.0 Å². The van der Waals surface area contributed by atoms with Gasteiger partial charge < -0.3 is 10.4 Å². The van der Waals surface area contributed by atoms with Gasteiger partial charge in [-0.05, 0) is 37.8 Å². The number of thiophene rings is 1. The molecule has 0 bridgehead atoms. The third-order valence-corrected chi connectivity index (χ3v) is 5.40. The third-order valence-electron chi connectivity index (χ3n) is 4.38. The Kier molecular flexibility index (Phi) is 4.80. The van der Waals surface area contributed by atoms with E-state index in [1.54, 1.807) is 17.7 Å². The maximum absolute atomic E-state index is 9.60. The second-order valence-electron chi connectivity index (χ2n) is 7.38. The van der Waals surface area contributed by atoms with E-state index in [1.807, 2.05) is 13.8 Å². The van der Waals surface area contributed by atoms with Crippen molar-refractivity contribution in [3.8, 4) is 11.1 Å². The first kappa shape index (κ1) is 17.8. The SMILES string of the molecule is Cc1sc2ncnc(NC(C)(C)CO)c2c1-c1ccc(C(C)C)cc1. The molecule has 0 saturated heterocycles. The molecule has 0 spiro atoms. The van der Waals surface area contributed by atoms with E-state index in [9.17, 15) is 5.11 Å². The van der Waals surface area contributed by atoms with E-state index in [0.29, 0.717) is 5.92 Å². The molecular formula is C20H25N3OS. The van der Waals surface area contributed by atoms with Crippen molar-refractivity contribution in [1.82, 2.24) is 9.97 Å². The van der Waals surface area contributed by atoms with Gasteiger partial charge in [-0.15, -0.1) is 11.3 Å². The Morgan fingerprint density at radius 1 is 1.16 bits per heavy atom. The van der Waals surface area contributed by atoms with Crippen LogP contribution < -0.4 is 5.32 Å². The first-order valence-electron chi connectivity index (χ1n) is 8.56. The second-order valence-corrected chi connectivity index (χ2v) is 8.58. The van der Waals surface area contributed by atoms with Crippen LogP contribution >= 0.6 is 11.3 Å². The molecule has 5 heteroatoms. The van der Waals surface area contributed by atoms with Crippen molar-refractivity contribution in [2.24, 2.45) is 0 Å². The molecule has 2 aromatic heterocycles. The van der Waals surface area contributed by atoms with Gasteiger partial charge >= 0.3 is 0 Å². The lowest BCUT2D eigenvalue weighted by molar-refractivity contribution is 0.234. The molecule has 2 N–H and O–H groups in total. The van der Waals surface area contributed by atoms with Crippen LogP contribution in [0.2, 0.25) is 0 Å². The topological polar surface area (TPSA) is 58.0 Å². The summed E-state index contributed by atoms with van der Waals surface area (Å²) in [5, 5.41) is 14.0. The number of nitrogens with zero attached hydrogens (tertiary/aromatic N) is 2. The van der Waals surface area contributed by atoms with Gasteiger partial charge in [0.1, 0.15) is 17.0 Å². The fourth-order valence-corrected chi connectivity index (χ4v) is 3.89. The Labute approximate surface area is 153 Å². The van der Waals surface area contributed by atoms with Gasteiger partial charge in [0, 0.05) is 10.4 Å². The third kappa shape index (κ3) is 3.53. The van der Waals surface area contributed by atoms with E-state index in [-0.39, 0.29) is 6.61 Å². The van der Waals surface area contributed by atoms with Gasteiger partial charge in [0.15, 0.2) is 0 Å². The summed E-state index contributed by atoms with van der Waals surface area (Å²) in [4.78, 5) is 11.1. The highest BCUT2D eigenvalue weighted by Crippen LogP contribution is 2.41. The van der Waals surface area contributed by atoms with Gasteiger partial charge in [-0.2, -0.15) is 0 Å². The second kappa shape index (κ2) is 6.73. The Morgan fingerprint density at radius 2 is 1.84 bits per heavy atom. The number of hydrogen-bond donors (Lipinski definition) is 2. The zero-order valence-electron chi connectivity index (χ0n) is 15.4. The molecular weight excluding hydrogens is 330 g/mol. The zero-order valence-corrected chi connectivity index (χ0v) is 16.2. The summed E-state index contributed by atoms with van der Waals surface area (Å²) in [6, 6.07) is 8.74. The molecule has 132 valence electrons. The van der Waals surface area contributed by atoms with Gasteiger partial charge in [-0.3, -0.25) is 0 Å². The fraction of sp³-hybridized carbons (Fsp3) is 0.400. The Balaban J connectivity index is 2.16. The zero-order chi connectivity index (χ0) is 18.2. The van der Waals surface area contributed by atoms with Crippen LogP contribution in [0, 0.1) is 6.92 Å². The van der Waals surface area contributed by atoms with Crippen molar-refractivity contribution in [3.63, 3.8) is 0 Å². The highest BCUT2D eigenvalue weighted by atomic mass is 32.1. The van der Waals surface area contributed by atoms with E-state index in [4.69, 9.17) is 0 Å². The molecule has 0 aliphatic rings. The highest BCUT2D eigenvalue weighted by Gasteiger charge is 2.22. The molecule has 0 aliphatic carbocycles. The summed E-state index contributed by atoms with van der Waals surface area (Å²) >= 11 is 1.68. The monoisotopic (exact) mass is 355 g/mol. The molecule has 0 unspecified atom stereocenters. The largest absolute Gasteiger partial charge is 0.394 e. The molecule has 0 saturated carbocycles. The quantitative estimate of drug-likeness (QED) is 0.678. The molecule has 3 aromatic rings. The number of anilines is 1. The predicted octanol–water partition coefficient (Wildman–Crippen LogP) is 4.97. The Hall–Kier alpha value is -1.98. The molecule has 0 atom stereocenters. The van der Waals surface area contributed by atoms with Crippen LogP contribution in [0.15, 0.2) is 30.6 Å². The van der Waals surface area contributed by atoms with Gasteiger partial charge in [0.25, 0.3) is 0 Å². The standard InChI is InChI=1S/C20H25N3OS/c1-12(2)14-6-8-15(9-7-14)16-13(3)25-19-17(16)18(21-11-22-19)23-20(4,5)10-24/h6-9,11-12,24H,10H2,1-5H3,(H,21,22,23). The number of aryl methyl sites for hydroxylation is 1. The molecule has 0 amide bonds. The summed E-state index contributed by atoms with van der Waals surface area (Å²) in [6.07, 6.45) is 1.58. The van der Waals surface area contributed by atoms with Gasteiger partial charge in [0.05, 0.1) is 17.5 Å². The molecule has 25 heavy (non-hydrogen) atoms. The Morgan fingerprint density at radius 3 is 2.44 bits per heavy atom. The Bertz CT molecular complexity index is 882. The molecule has 3 rings (SSSR count). The number of aliphatic hydroxyl groups is 1. The molecule has 1 aromatic carbocycles. The minimum absolute atomic E-state index is 0.0278. The molecule has 4 nitrogen and oxygen atoms in total. The fourth-order valence-electron chi connectivity index (χ4n) is 2.88. The van der Waals surface area contributed by atoms with Gasteiger partial charge in [-0.1, -0.05) is 38.1 Å². The van der Waals surface area contributed by atoms with Crippen molar-refractivity contribution in [1.29, 1.82) is 0 Å². The number of hydrogen-bond acceptors (Lipinski definition) is 5. The average molecular weight is 356 g/mol. The van der Waals surface area contributed by atoms with Gasteiger partial charge in [-0.25, -0.2) is 9.97 Å². The van der Waals surface area contributed by atoms with E-state index < -0.39 is 5.54 Å². The molecule has 0 aliphatic heterocycles. The number of nitrogens with one attached hydrogen (secondary N) is 1. The van der Waals surface area contributed by atoms with Crippen LogP contribution in [0.25, 0.3) is 21.3 Å². The number of rotatable bonds is 5. The minimum atomic E-state index is -0.449. The smallest absolute Gasteiger partial charge is 0.139 e. The maximum atomic E-state index is 9.60. The van der Waals surface area contributed by atoms with E-state index >= 15 is 0 Å². The first-order valence-corrected chi connectivity index (χ1v) is 9.37. The van der Waals surface area contributed by atoms with Crippen LogP contribution in [0.1, 0.15) is 44.1 Å². The lowest BCUT2D eigenvalue weighted by atomic mass is 9.97. The summed E-state index contributed by atoms with van der Waals surface area (Å²) in [5.41, 5.74) is 3.23. The predicted molar refractivity (Wildman–Crippen MR) is 106 cm³/mol. The molecule has 2 heterocycles. The highest BCUT2D eigenvalue weighted by molar-refractivity contribution is 7.19. The van der Waals surface area contributed by atoms with Crippen molar-refractivity contribution < 1.29 is 5.11 Å². The van der Waals surface area contributed by atoms with Gasteiger partial charge in [0.2, 0.25) is 0 Å². The van der Waals surface area contributed by atoms with E-state index in [2.05, 4.69) is 60.3 Å². The summed E-state index contributed by atoms with van der Waals surface area (Å²) in [5.74, 6) is 1.29. The first-order chi connectivity index (χ1) is 11.8. The number of benzene rings is 1. The number of aromatic nitrogens is 2. The summed E-state index contributed by atoms with van der Waals surface area (Å²) < 4.78 is 0. The van der Waals surface area contributed by atoms with Crippen LogP contribution in [0.5, 0.6) is 0 Å². The normalized spacial score (nSPS) is 12.1. The number of aliphatic hydroxyl groups excluding tert-OH is 1. The van der Waals surface area contributed by atoms with Crippen molar-refractivity contribution in [2.75, 3.05) is 11.9 Å². The summed E-state index contributed by atoms with van der Waals surface area (Å²) in [6.45, 7) is 10.5. The van der Waals surface area contributed by atoms with E-state index in [1.165, 1.54) is 21.6 Å². The number of fused-ring (bicyclic) bond motifs is 1. The van der Waals surface area contributed by atoms with Crippen molar-refractivity contribution in [2.45, 2.75) is 46.1 Å². The van der Waals surface area contributed by atoms with E-state index in [0.717, 1.165) is 16.0 Å².